The van der Waals surface area contributed by atoms with E-state index in [4.69, 9.17) is 16.3 Å². The monoisotopic (exact) mass is 317 g/mol. The van der Waals surface area contributed by atoms with Gasteiger partial charge in [-0.1, -0.05) is 17.7 Å². The third kappa shape index (κ3) is 2.81. The molecule has 1 aromatic carbocycles. The van der Waals surface area contributed by atoms with Gasteiger partial charge >= 0.3 is 0 Å². The van der Waals surface area contributed by atoms with Gasteiger partial charge in [0.2, 0.25) is 0 Å². The topological polar surface area (TPSA) is 29.5 Å². The first-order valence-corrected chi connectivity index (χ1v) is 6.61. The van der Waals surface area contributed by atoms with Gasteiger partial charge in [0.15, 0.2) is 0 Å². The summed E-state index contributed by atoms with van der Waals surface area (Å²) >= 11 is 9.34. The van der Waals surface area contributed by atoms with E-state index in [2.05, 4.69) is 15.9 Å². The van der Waals surface area contributed by atoms with E-state index in [1.54, 1.807) is 23.1 Å². The molecule has 1 aromatic rings. The molecule has 1 atom stereocenters. The summed E-state index contributed by atoms with van der Waals surface area (Å²) in [5, 5.41) is 0.553. The van der Waals surface area contributed by atoms with Crippen molar-refractivity contribution in [1.82, 2.24) is 4.90 Å². The molecule has 0 saturated carbocycles. The van der Waals surface area contributed by atoms with Gasteiger partial charge in [0.05, 0.1) is 23.3 Å². The first-order chi connectivity index (χ1) is 8.09. The molecule has 1 heterocycles. The Hall–Kier alpha value is -0.580. The molecule has 92 valence electrons. The molecule has 1 aliphatic heterocycles. The molecular weight excluding hydrogens is 305 g/mol. The van der Waals surface area contributed by atoms with Crippen LogP contribution in [0.1, 0.15) is 17.3 Å². The van der Waals surface area contributed by atoms with E-state index < -0.39 is 0 Å². The molecule has 0 aliphatic carbocycles. The lowest BCUT2D eigenvalue weighted by Crippen LogP contribution is -2.44. The summed E-state index contributed by atoms with van der Waals surface area (Å²) in [4.78, 5) is 14.1. The fraction of sp³-hybridized carbons (Fsp3) is 0.417. The van der Waals surface area contributed by atoms with Crippen LogP contribution in [0, 0.1) is 0 Å². The smallest absolute Gasteiger partial charge is 0.255 e. The van der Waals surface area contributed by atoms with Crippen LogP contribution in [0.5, 0.6) is 0 Å². The minimum absolute atomic E-state index is 0.00507. The summed E-state index contributed by atoms with van der Waals surface area (Å²) in [5.41, 5.74) is 0.603. The molecule has 0 bridgehead atoms. The quantitative estimate of drug-likeness (QED) is 0.797. The zero-order chi connectivity index (χ0) is 12.4. The second-order valence-corrected chi connectivity index (χ2v) is 5.23. The molecule has 0 N–H and O–H groups in total. The van der Waals surface area contributed by atoms with Crippen molar-refractivity contribution < 1.29 is 9.53 Å². The van der Waals surface area contributed by atoms with Crippen molar-refractivity contribution in [3.63, 3.8) is 0 Å². The molecule has 0 radical (unpaired) electrons. The lowest BCUT2D eigenvalue weighted by Gasteiger charge is -2.31. The highest BCUT2D eigenvalue weighted by Crippen LogP contribution is 2.27. The van der Waals surface area contributed by atoms with E-state index in [0.29, 0.717) is 34.8 Å². The summed E-state index contributed by atoms with van der Waals surface area (Å²) in [6.45, 7) is 3.80. The summed E-state index contributed by atoms with van der Waals surface area (Å²) in [7, 11) is 0. The van der Waals surface area contributed by atoms with Crippen LogP contribution in [0.2, 0.25) is 5.02 Å². The molecule has 17 heavy (non-hydrogen) atoms. The fourth-order valence-electron chi connectivity index (χ4n) is 1.84. The third-order valence-corrected chi connectivity index (χ3v) is 4.11. The number of hydrogen-bond acceptors (Lipinski definition) is 2. The Balaban J connectivity index is 2.22. The first-order valence-electron chi connectivity index (χ1n) is 5.44. The van der Waals surface area contributed by atoms with Crippen LogP contribution in [0.15, 0.2) is 22.7 Å². The van der Waals surface area contributed by atoms with Crippen molar-refractivity contribution in [3.05, 3.63) is 33.3 Å². The SMILES string of the molecule is C[C@H]1CN(C(=O)c2cccc(Cl)c2Br)CCO1. The van der Waals surface area contributed by atoms with Crippen LogP contribution in [0.4, 0.5) is 0 Å². The second-order valence-electron chi connectivity index (χ2n) is 4.03. The maximum absolute atomic E-state index is 12.3. The van der Waals surface area contributed by atoms with Gasteiger partial charge in [0.25, 0.3) is 5.91 Å². The predicted molar refractivity (Wildman–Crippen MR) is 70.5 cm³/mol. The van der Waals surface area contributed by atoms with E-state index in [0.717, 1.165) is 0 Å². The molecule has 0 unspecified atom stereocenters. The van der Waals surface area contributed by atoms with Gasteiger partial charge in [-0.05, 0) is 35.0 Å². The normalized spacial score (nSPS) is 20.4. The first kappa shape index (κ1) is 12.9. The number of amides is 1. The number of nitrogens with zero attached hydrogens (tertiary/aromatic N) is 1. The Labute approximate surface area is 114 Å². The summed E-state index contributed by atoms with van der Waals surface area (Å²) in [6.07, 6.45) is 0.0886. The van der Waals surface area contributed by atoms with Gasteiger partial charge in [0.1, 0.15) is 0 Å². The molecular formula is C12H13BrClNO2. The maximum Gasteiger partial charge on any atom is 0.255 e. The molecule has 1 aliphatic rings. The zero-order valence-corrected chi connectivity index (χ0v) is 11.8. The Morgan fingerprint density at radius 2 is 2.35 bits per heavy atom. The Morgan fingerprint density at radius 1 is 1.59 bits per heavy atom. The van der Waals surface area contributed by atoms with Crippen LogP contribution in [-0.4, -0.2) is 36.6 Å². The summed E-state index contributed by atoms with van der Waals surface area (Å²) < 4.78 is 6.07. The van der Waals surface area contributed by atoms with Crippen molar-refractivity contribution >= 4 is 33.4 Å². The van der Waals surface area contributed by atoms with Gasteiger partial charge in [-0.3, -0.25) is 4.79 Å². The number of halogens is 2. The van der Waals surface area contributed by atoms with Gasteiger partial charge in [0, 0.05) is 17.6 Å². The summed E-state index contributed by atoms with van der Waals surface area (Å²) in [5.74, 6) is -0.00507. The van der Waals surface area contributed by atoms with Crippen LogP contribution >= 0.6 is 27.5 Å². The number of benzene rings is 1. The second kappa shape index (κ2) is 5.38. The molecule has 5 heteroatoms. The predicted octanol–water partition coefficient (Wildman–Crippen LogP) is 2.96. The molecule has 2 rings (SSSR count). The average Bonchev–Trinajstić information content (AvgIpc) is 2.32. The number of ether oxygens (including phenoxy) is 1. The molecule has 0 aromatic heterocycles. The van der Waals surface area contributed by atoms with Gasteiger partial charge in [-0.25, -0.2) is 0 Å². The van der Waals surface area contributed by atoms with E-state index in [9.17, 15) is 4.79 Å². The van der Waals surface area contributed by atoms with Crippen molar-refractivity contribution in [1.29, 1.82) is 0 Å². The minimum atomic E-state index is -0.00507. The highest BCUT2D eigenvalue weighted by Gasteiger charge is 2.24. The van der Waals surface area contributed by atoms with Crippen molar-refractivity contribution in [2.45, 2.75) is 13.0 Å². The Bertz CT molecular complexity index is 439. The van der Waals surface area contributed by atoms with Crippen LogP contribution in [0.25, 0.3) is 0 Å². The highest BCUT2D eigenvalue weighted by molar-refractivity contribution is 9.10. The molecule has 1 amide bonds. The maximum atomic E-state index is 12.3. The van der Waals surface area contributed by atoms with Gasteiger partial charge in [-0.15, -0.1) is 0 Å². The number of carbonyl (C=O) groups is 1. The van der Waals surface area contributed by atoms with Crippen molar-refractivity contribution in [2.24, 2.45) is 0 Å². The third-order valence-electron chi connectivity index (χ3n) is 2.71. The number of hydrogen-bond donors (Lipinski definition) is 0. The molecule has 0 spiro atoms. The zero-order valence-electron chi connectivity index (χ0n) is 9.45. The van der Waals surface area contributed by atoms with Crippen molar-refractivity contribution in [3.8, 4) is 0 Å². The van der Waals surface area contributed by atoms with E-state index in [-0.39, 0.29) is 12.0 Å². The van der Waals surface area contributed by atoms with Gasteiger partial charge < -0.3 is 9.64 Å². The van der Waals surface area contributed by atoms with Crippen LogP contribution in [0.3, 0.4) is 0 Å². The van der Waals surface area contributed by atoms with E-state index >= 15 is 0 Å². The average molecular weight is 319 g/mol. The highest BCUT2D eigenvalue weighted by atomic mass is 79.9. The van der Waals surface area contributed by atoms with E-state index in [1.807, 2.05) is 6.92 Å². The van der Waals surface area contributed by atoms with Crippen LogP contribution in [-0.2, 0) is 4.74 Å². The largest absolute Gasteiger partial charge is 0.375 e. The van der Waals surface area contributed by atoms with E-state index in [1.165, 1.54) is 0 Å². The molecule has 3 nitrogen and oxygen atoms in total. The molecule has 1 fully saturated rings. The number of rotatable bonds is 1. The lowest BCUT2D eigenvalue weighted by molar-refractivity contribution is -0.0124. The fourth-order valence-corrected chi connectivity index (χ4v) is 2.45. The van der Waals surface area contributed by atoms with Crippen molar-refractivity contribution in [2.75, 3.05) is 19.7 Å². The number of carbonyl (C=O) groups excluding carboxylic acids is 1. The van der Waals surface area contributed by atoms with Gasteiger partial charge in [-0.2, -0.15) is 0 Å². The summed E-state index contributed by atoms with van der Waals surface area (Å²) in [6, 6.07) is 5.31. The Kier molecular flexibility index (Phi) is 4.07. The number of morpholine rings is 1. The Morgan fingerprint density at radius 3 is 3.06 bits per heavy atom. The lowest BCUT2D eigenvalue weighted by atomic mass is 10.2. The molecule has 1 saturated heterocycles. The standard InChI is InChI=1S/C12H13BrClNO2/c1-8-7-15(5-6-17-8)12(16)9-3-2-4-10(14)11(9)13/h2-4,8H,5-7H2,1H3/t8-/m0/s1. The minimum Gasteiger partial charge on any atom is -0.375 e. The van der Waals surface area contributed by atoms with Crippen LogP contribution < -0.4 is 0 Å².